The van der Waals surface area contributed by atoms with Crippen molar-refractivity contribution in [3.05, 3.63) is 64.5 Å². The molecule has 2 heterocycles. The molecule has 0 saturated carbocycles. The maximum Gasteiger partial charge on any atom is 0.343 e. The van der Waals surface area contributed by atoms with Crippen LogP contribution in [0.2, 0.25) is 0 Å². The monoisotopic (exact) mass is 392 g/mol. The first-order valence-corrected chi connectivity index (χ1v) is 9.26. The molecule has 6 heteroatoms. The second-order valence-corrected chi connectivity index (χ2v) is 7.03. The fourth-order valence-electron chi connectivity index (χ4n) is 3.23. The number of carbonyl (C=O) groups excluding carboxylic acids is 1. The van der Waals surface area contributed by atoms with Crippen molar-refractivity contribution in [2.75, 3.05) is 13.7 Å². The summed E-state index contributed by atoms with van der Waals surface area (Å²) in [6.45, 7) is 3.75. The number of carbonyl (C=O) groups is 1. The van der Waals surface area contributed by atoms with Crippen LogP contribution in [0.5, 0.6) is 5.75 Å². The van der Waals surface area contributed by atoms with Crippen molar-refractivity contribution in [1.82, 2.24) is 0 Å². The zero-order chi connectivity index (χ0) is 20.5. The van der Waals surface area contributed by atoms with Crippen LogP contribution in [0.4, 0.5) is 0 Å². The highest BCUT2D eigenvalue weighted by Crippen LogP contribution is 2.32. The Morgan fingerprint density at radius 3 is 2.62 bits per heavy atom. The quantitative estimate of drug-likeness (QED) is 0.450. The molecule has 0 amide bonds. The number of fused-ring (bicyclic) bond motifs is 2. The minimum Gasteiger partial charge on any atom is -0.481 e. The fraction of sp³-hybridized carbons (Fsp3) is 0.217. The van der Waals surface area contributed by atoms with E-state index in [9.17, 15) is 9.59 Å². The number of furan rings is 1. The average Bonchev–Trinajstić information content (AvgIpc) is 3.15. The van der Waals surface area contributed by atoms with E-state index in [-0.39, 0.29) is 18.0 Å². The number of ether oxygens (including phenoxy) is 2. The van der Waals surface area contributed by atoms with Crippen LogP contribution in [0.1, 0.15) is 25.3 Å². The maximum absolute atomic E-state index is 13.2. The van der Waals surface area contributed by atoms with E-state index in [1.165, 1.54) is 13.4 Å². The minimum absolute atomic E-state index is 0.0707. The average molecular weight is 392 g/mol. The normalized spacial score (nSPS) is 11.3. The molecule has 6 nitrogen and oxygen atoms in total. The molecule has 0 bridgehead atoms. The van der Waals surface area contributed by atoms with Gasteiger partial charge in [0.25, 0.3) is 0 Å². The summed E-state index contributed by atoms with van der Waals surface area (Å²) in [5, 5.41) is 1.34. The zero-order valence-electron chi connectivity index (χ0n) is 16.4. The van der Waals surface area contributed by atoms with E-state index in [1.54, 1.807) is 12.1 Å². The van der Waals surface area contributed by atoms with Gasteiger partial charge in [-0.3, -0.25) is 4.79 Å². The summed E-state index contributed by atoms with van der Waals surface area (Å²) in [5.74, 6) is 0.527. The first kappa shape index (κ1) is 18.8. The Morgan fingerprint density at radius 1 is 1.10 bits per heavy atom. The zero-order valence-corrected chi connectivity index (χ0v) is 16.4. The van der Waals surface area contributed by atoms with Crippen molar-refractivity contribution in [2.45, 2.75) is 19.8 Å². The van der Waals surface area contributed by atoms with Gasteiger partial charge in [0.15, 0.2) is 6.61 Å². The highest BCUT2D eigenvalue weighted by molar-refractivity contribution is 5.86. The van der Waals surface area contributed by atoms with E-state index in [4.69, 9.17) is 13.6 Å². The van der Waals surface area contributed by atoms with Crippen LogP contribution in [0.15, 0.2) is 62.4 Å². The summed E-state index contributed by atoms with van der Waals surface area (Å²) >= 11 is 0. The van der Waals surface area contributed by atoms with Gasteiger partial charge in [0.1, 0.15) is 34.5 Å². The standard InChI is InChI=1S/C23H20O6/c1-13(2)15-9-16-20(10-19(15)28-12-22(24)26-3)27-11-17(23(16)25)21-8-14-6-4-5-7-18(14)29-21/h4-11,13H,12H2,1-3H3. The lowest BCUT2D eigenvalue weighted by Gasteiger charge is -2.14. The van der Waals surface area contributed by atoms with Gasteiger partial charge in [0.05, 0.1) is 12.5 Å². The van der Waals surface area contributed by atoms with E-state index in [0.29, 0.717) is 33.6 Å². The summed E-state index contributed by atoms with van der Waals surface area (Å²) in [6, 6.07) is 12.8. The lowest BCUT2D eigenvalue weighted by molar-refractivity contribution is -0.142. The van der Waals surface area contributed by atoms with Gasteiger partial charge in [-0.2, -0.15) is 0 Å². The predicted molar refractivity (Wildman–Crippen MR) is 109 cm³/mol. The van der Waals surface area contributed by atoms with Gasteiger partial charge >= 0.3 is 5.97 Å². The molecule has 0 atom stereocenters. The lowest BCUT2D eigenvalue weighted by atomic mass is 9.99. The van der Waals surface area contributed by atoms with Crippen LogP contribution in [-0.2, 0) is 9.53 Å². The Hall–Kier alpha value is -3.54. The van der Waals surface area contributed by atoms with Gasteiger partial charge in [-0.15, -0.1) is 0 Å². The molecule has 0 N–H and O–H groups in total. The topological polar surface area (TPSA) is 78.9 Å². The molecule has 2 aromatic carbocycles. The molecule has 0 saturated heterocycles. The molecule has 29 heavy (non-hydrogen) atoms. The Bertz CT molecular complexity index is 1230. The molecule has 4 aromatic rings. The molecular weight excluding hydrogens is 372 g/mol. The van der Waals surface area contributed by atoms with Crippen molar-refractivity contribution in [3.8, 4) is 17.1 Å². The van der Waals surface area contributed by atoms with Crippen molar-refractivity contribution < 1.29 is 23.1 Å². The Labute approximate surface area is 166 Å². The van der Waals surface area contributed by atoms with E-state index < -0.39 is 5.97 Å². The van der Waals surface area contributed by atoms with Crippen LogP contribution in [0, 0.1) is 0 Å². The minimum atomic E-state index is -0.485. The summed E-state index contributed by atoms with van der Waals surface area (Å²) in [5.41, 5.74) is 2.05. The third-order valence-electron chi connectivity index (χ3n) is 4.79. The number of methoxy groups -OCH3 is 1. The Morgan fingerprint density at radius 2 is 1.90 bits per heavy atom. The molecule has 4 rings (SSSR count). The number of esters is 1. The summed E-state index contributed by atoms with van der Waals surface area (Å²) < 4.78 is 21.8. The molecule has 0 aliphatic heterocycles. The highest BCUT2D eigenvalue weighted by Gasteiger charge is 2.18. The highest BCUT2D eigenvalue weighted by atomic mass is 16.6. The van der Waals surface area contributed by atoms with Gasteiger partial charge in [-0.05, 0) is 29.7 Å². The van der Waals surface area contributed by atoms with Crippen molar-refractivity contribution in [1.29, 1.82) is 0 Å². The van der Waals surface area contributed by atoms with Crippen molar-refractivity contribution >= 4 is 27.9 Å². The number of hydrogen-bond donors (Lipinski definition) is 0. The van der Waals surface area contributed by atoms with Gasteiger partial charge in [0.2, 0.25) is 5.43 Å². The smallest absolute Gasteiger partial charge is 0.343 e. The molecule has 0 unspecified atom stereocenters. The van der Waals surface area contributed by atoms with Gasteiger partial charge in [-0.1, -0.05) is 32.0 Å². The second kappa shape index (κ2) is 7.47. The molecular formula is C23H20O6. The fourth-order valence-corrected chi connectivity index (χ4v) is 3.23. The third kappa shape index (κ3) is 3.49. The molecule has 0 aliphatic carbocycles. The molecule has 2 aromatic heterocycles. The Kier molecular flexibility index (Phi) is 4.84. The van der Waals surface area contributed by atoms with Gasteiger partial charge in [-0.25, -0.2) is 4.79 Å². The van der Waals surface area contributed by atoms with Crippen molar-refractivity contribution in [2.24, 2.45) is 0 Å². The van der Waals surface area contributed by atoms with E-state index in [1.807, 2.05) is 44.2 Å². The SMILES string of the molecule is COC(=O)COc1cc2occ(-c3cc4ccccc4o3)c(=O)c2cc1C(C)C. The summed E-state index contributed by atoms with van der Waals surface area (Å²) in [6.07, 6.45) is 1.39. The second-order valence-electron chi connectivity index (χ2n) is 7.03. The van der Waals surface area contributed by atoms with Crippen LogP contribution >= 0.6 is 0 Å². The van der Waals surface area contributed by atoms with Gasteiger partial charge in [0, 0.05) is 11.5 Å². The number of hydrogen-bond acceptors (Lipinski definition) is 6. The van der Waals surface area contributed by atoms with Crippen LogP contribution in [-0.4, -0.2) is 19.7 Å². The predicted octanol–water partition coefficient (Wildman–Crippen LogP) is 4.88. The molecule has 148 valence electrons. The van der Waals surface area contributed by atoms with E-state index in [0.717, 1.165) is 10.9 Å². The first-order valence-electron chi connectivity index (χ1n) is 9.26. The first-order chi connectivity index (χ1) is 14.0. The van der Waals surface area contributed by atoms with Crippen LogP contribution < -0.4 is 10.2 Å². The van der Waals surface area contributed by atoms with E-state index >= 15 is 0 Å². The maximum atomic E-state index is 13.2. The van der Waals surface area contributed by atoms with Crippen LogP contribution in [0.3, 0.4) is 0 Å². The number of benzene rings is 2. The van der Waals surface area contributed by atoms with Crippen molar-refractivity contribution in [3.63, 3.8) is 0 Å². The molecule has 0 fully saturated rings. The largest absolute Gasteiger partial charge is 0.481 e. The van der Waals surface area contributed by atoms with E-state index in [2.05, 4.69) is 4.74 Å². The Balaban J connectivity index is 1.83. The lowest BCUT2D eigenvalue weighted by Crippen LogP contribution is -2.14. The summed E-state index contributed by atoms with van der Waals surface area (Å²) in [4.78, 5) is 24.6. The molecule has 0 radical (unpaired) electrons. The molecule has 0 aliphatic rings. The molecule has 0 spiro atoms. The van der Waals surface area contributed by atoms with Gasteiger partial charge < -0.3 is 18.3 Å². The van der Waals surface area contributed by atoms with Crippen LogP contribution in [0.25, 0.3) is 33.3 Å². The third-order valence-corrected chi connectivity index (χ3v) is 4.79. The summed E-state index contributed by atoms with van der Waals surface area (Å²) in [7, 11) is 1.30. The number of rotatable bonds is 5. The number of para-hydroxylation sites is 1.